The standard InChI is InChI=1S/C27H18BN3O2S.Pt/c1-31-27(19-9-3-2-4-10-19)26(29-30-31)20-11-7-13-22(17-20)32-23-14-8-12-21(18-23)28-33-24-15-5-6-16-25(24)34-28;/h2-16H,1H3;/q-2;+2. The van der Waals surface area contributed by atoms with Crippen LogP contribution in [0.3, 0.4) is 0 Å². The summed E-state index contributed by atoms with van der Waals surface area (Å²) < 4.78 is 14.0. The molecule has 1 aliphatic heterocycles. The molecule has 5 nitrogen and oxygen atoms in total. The van der Waals surface area contributed by atoms with Crippen molar-refractivity contribution in [3.8, 4) is 39.8 Å². The Bertz CT molecular complexity index is 1450. The van der Waals surface area contributed by atoms with Crippen molar-refractivity contribution < 1.29 is 30.5 Å². The first-order chi connectivity index (χ1) is 16.7. The molecule has 0 N–H and O–H groups in total. The second-order valence-corrected chi connectivity index (χ2v) is 8.90. The van der Waals surface area contributed by atoms with Gasteiger partial charge in [0.2, 0.25) is 0 Å². The maximum absolute atomic E-state index is 6.14. The van der Waals surface area contributed by atoms with Gasteiger partial charge in [-0.15, -0.1) is 53.0 Å². The Balaban J connectivity index is 0.00000253. The number of benzene rings is 4. The second-order valence-electron chi connectivity index (χ2n) is 7.79. The van der Waals surface area contributed by atoms with Crippen molar-refractivity contribution in [3.63, 3.8) is 0 Å². The van der Waals surface area contributed by atoms with E-state index in [-0.39, 0.29) is 27.3 Å². The Labute approximate surface area is 222 Å². The quantitative estimate of drug-likeness (QED) is 0.187. The van der Waals surface area contributed by atoms with Crippen LogP contribution in [-0.2, 0) is 28.1 Å². The van der Waals surface area contributed by atoms with E-state index in [2.05, 4.69) is 28.5 Å². The summed E-state index contributed by atoms with van der Waals surface area (Å²) in [6, 6.07) is 36.4. The number of hydrogen-bond acceptors (Lipinski definition) is 5. The average molecular weight is 654 g/mol. The van der Waals surface area contributed by atoms with Crippen LogP contribution in [0, 0.1) is 12.1 Å². The molecule has 0 saturated carbocycles. The van der Waals surface area contributed by atoms with Crippen LogP contribution >= 0.6 is 11.6 Å². The molecular formula is C27H18BN3O2PtS. The molecule has 35 heavy (non-hydrogen) atoms. The molecule has 172 valence electrons. The van der Waals surface area contributed by atoms with Gasteiger partial charge in [0, 0.05) is 29.1 Å². The summed E-state index contributed by atoms with van der Waals surface area (Å²) >= 11 is 1.67. The normalized spacial score (nSPS) is 12.0. The summed E-state index contributed by atoms with van der Waals surface area (Å²) in [7, 11) is 1.89. The minimum atomic E-state index is -0.149. The van der Waals surface area contributed by atoms with Gasteiger partial charge in [0.25, 0.3) is 0 Å². The second kappa shape index (κ2) is 10.1. The smallest absolute Gasteiger partial charge is 0.547 e. The number of hydrogen-bond donors (Lipinski definition) is 0. The van der Waals surface area contributed by atoms with E-state index in [0.29, 0.717) is 11.5 Å². The predicted molar refractivity (Wildman–Crippen MR) is 134 cm³/mol. The van der Waals surface area contributed by atoms with Gasteiger partial charge < -0.3 is 9.39 Å². The SMILES string of the molecule is Cn1nnc(-c2[c-]c(Oc3[c-]c(B4Oc5ccccc5S4)ccc3)ccc2)c1-c1ccccc1.[Pt+2]. The number of rotatable bonds is 5. The zero-order valence-electron chi connectivity index (χ0n) is 18.6. The van der Waals surface area contributed by atoms with E-state index in [1.165, 1.54) is 0 Å². The monoisotopic (exact) mass is 654 g/mol. The summed E-state index contributed by atoms with van der Waals surface area (Å²) in [5.74, 6) is 2.09. The Morgan fingerprint density at radius 2 is 1.60 bits per heavy atom. The van der Waals surface area contributed by atoms with Crippen LogP contribution in [0.1, 0.15) is 0 Å². The van der Waals surface area contributed by atoms with Crippen LogP contribution in [0.4, 0.5) is 0 Å². The summed E-state index contributed by atoms with van der Waals surface area (Å²) in [6.07, 6.45) is -0.149. The summed E-state index contributed by atoms with van der Waals surface area (Å²) in [5, 5.41) is 8.63. The molecule has 4 aromatic carbocycles. The molecular weight excluding hydrogens is 636 g/mol. The molecule has 0 atom stereocenters. The molecule has 0 amide bonds. The van der Waals surface area contributed by atoms with Gasteiger partial charge in [0.05, 0.1) is 5.69 Å². The summed E-state index contributed by atoms with van der Waals surface area (Å²) in [4.78, 5) is 1.13. The molecule has 1 aliphatic rings. The van der Waals surface area contributed by atoms with Crippen molar-refractivity contribution in [2.24, 2.45) is 7.05 Å². The van der Waals surface area contributed by atoms with Gasteiger partial charge >= 0.3 is 27.3 Å². The fourth-order valence-corrected chi connectivity index (χ4v) is 4.95. The largest absolute Gasteiger partial charge is 2.00 e. The molecule has 0 fully saturated rings. The van der Waals surface area contributed by atoms with E-state index in [1.807, 2.05) is 92.0 Å². The van der Waals surface area contributed by atoms with E-state index in [1.54, 1.807) is 16.3 Å². The Morgan fingerprint density at radius 1 is 0.857 bits per heavy atom. The zero-order valence-corrected chi connectivity index (χ0v) is 21.7. The van der Waals surface area contributed by atoms with E-state index >= 15 is 0 Å². The Kier molecular flexibility index (Phi) is 6.80. The summed E-state index contributed by atoms with van der Waals surface area (Å²) in [6.45, 7) is 0. The first-order valence-electron chi connectivity index (χ1n) is 10.8. The van der Waals surface area contributed by atoms with Crippen LogP contribution in [-0.4, -0.2) is 21.2 Å². The third kappa shape index (κ3) is 4.79. The average Bonchev–Trinajstić information content (AvgIpc) is 3.49. The number of aryl methyl sites for hydroxylation is 1. The van der Waals surface area contributed by atoms with E-state index in [9.17, 15) is 0 Å². The van der Waals surface area contributed by atoms with Crippen LogP contribution in [0.15, 0.2) is 95.9 Å². The van der Waals surface area contributed by atoms with Gasteiger partial charge in [0.15, 0.2) is 0 Å². The number of fused-ring (bicyclic) bond motifs is 1. The van der Waals surface area contributed by atoms with Crippen LogP contribution in [0.25, 0.3) is 22.5 Å². The van der Waals surface area contributed by atoms with Crippen molar-refractivity contribution in [1.82, 2.24) is 15.0 Å². The molecule has 0 bridgehead atoms. The fourth-order valence-electron chi connectivity index (χ4n) is 3.91. The molecule has 6 rings (SSSR count). The predicted octanol–water partition coefficient (Wildman–Crippen LogP) is 5.42. The molecule has 0 radical (unpaired) electrons. The van der Waals surface area contributed by atoms with Crippen molar-refractivity contribution in [3.05, 3.63) is 103 Å². The van der Waals surface area contributed by atoms with Gasteiger partial charge in [-0.3, -0.25) is 4.68 Å². The molecule has 8 heteroatoms. The maximum atomic E-state index is 6.14. The molecule has 0 unspecified atom stereocenters. The Hall–Kier alpha value is -3.28. The van der Waals surface area contributed by atoms with Crippen LogP contribution < -0.4 is 14.9 Å². The van der Waals surface area contributed by atoms with Gasteiger partial charge in [-0.2, -0.15) is 17.2 Å². The van der Waals surface area contributed by atoms with Crippen molar-refractivity contribution in [2.45, 2.75) is 4.90 Å². The van der Waals surface area contributed by atoms with E-state index in [4.69, 9.17) is 9.39 Å². The number of aromatic nitrogens is 3. The number of nitrogens with zero attached hydrogens (tertiary/aromatic N) is 3. The molecule has 2 heterocycles. The van der Waals surface area contributed by atoms with E-state index < -0.39 is 0 Å². The van der Waals surface area contributed by atoms with Crippen molar-refractivity contribution in [2.75, 3.05) is 0 Å². The van der Waals surface area contributed by atoms with Gasteiger partial charge in [0.1, 0.15) is 5.75 Å². The molecule has 1 aromatic heterocycles. The topological polar surface area (TPSA) is 49.2 Å². The van der Waals surface area contributed by atoms with E-state index in [0.717, 1.165) is 38.6 Å². The number of para-hydroxylation sites is 1. The van der Waals surface area contributed by atoms with Crippen LogP contribution in [0.5, 0.6) is 17.2 Å². The van der Waals surface area contributed by atoms with Gasteiger partial charge in [-0.05, 0) is 17.7 Å². The summed E-state index contributed by atoms with van der Waals surface area (Å²) in [5.41, 5.74) is 4.46. The van der Waals surface area contributed by atoms with Crippen molar-refractivity contribution in [1.29, 1.82) is 0 Å². The molecule has 5 aromatic rings. The molecule has 0 aliphatic carbocycles. The zero-order chi connectivity index (χ0) is 22.9. The Morgan fingerprint density at radius 3 is 2.43 bits per heavy atom. The molecule has 0 saturated heterocycles. The fraction of sp³-hybridized carbons (Fsp3) is 0.0370. The third-order valence-electron chi connectivity index (χ3n) is 5.48. The van der Waals surface area contributed by atoms with Crippen molar-refractivity contribution >= 4 is 23.3 Å². The number of ether oxygens (including phenoxy) is 1. The molecule has 0 spiro atoms. The minimum absolute atomic E-state index is 0. The van der Waals surface area contributed by atoms with Crippen LogP contribution in [0.2, 0.25) is 0 Å². The minimum Gasteiger partial charge on any atom is -0.547 e. The van der Waals surface area contributed by atoms with Gasteiger partial charge in [-0.1, -0.05) is 53.7 Å². The third-order valence-corrected chi connectivity index (χ3v) is 6.63. The maximum Gasteiger partial charge on any atom is 2.00 e. The van der Waals surface area contributed by atoms with Gasteiger partial charge in [-0.25, -0.2) is 0 Å². The first-order valence-corrected chi connectivity index (χ1v) is 11.7. The first kappa shape index (κ1) is 23.5.